The van der Waals surface area contributed by atoms with Gasteiger partial charge in [0.05, 0.1) is 11.7 Å². The van der Waals surface area contributed by atoms with Gasteiger partial charge >= 0.3 is 0 Å². The topological polar surface area (TPSA) is 62.4 Å². The highest BCUT2D eigenvalue weighted by molar-refractivity contribution is 9.10. The van der Waals surface area contributed by atoms with Crippen LogP contribution in [0.3, 0.4) is 0 Å². The smallest absolute Gasteiger partial charge is 0.210 e. The molecule has 1 fully saturated rings. The zero-order chi connectivity index (χ0) is 14.5. The van der Waals surface area contributed by atoms with Crippen molar-refractivity contribution in [2.24, 2.45) is 10.8 Å². The number of hydrogen-bond acceptors (Lipinski definition) is 2. The Labute approximate surface area is 133 Å². The van der Waals surface area contributed by atoms with Crippen molar-refractivity contribution in [2.45, 2.75) is 45.1 Å². The molecule has 110 valence electrons. The monoisotopic (exact) mass is 358 g/mol. The summed E-state index contributed by atoms with van der Waals surface area (Å²) in [7, 11) is 0. The average molecular weight is 360 g/mol. The zero-order valence-corrected chi connectivity index (χ0v) is 13.9. The van der Waals surface area contributed by atoms with Crippen LogP contribution in [0, 0.1) is 6.92 Å². The van der Waals surface area contributed by atoms with Gasteiger partial charge in [-0.15, -0.1) is 0 Å². The lowest BCUT2D eigenvalue weighted by Gasteiger charge is -2.20. The fourth-order valence-corrected chi connectivity index (χ4v) is 3.09. The van der Waals surface area contributed by atoms with E-state index >= 15 is 0 Å². The molecule has 6 heteroatoms. The van der Waals surface area contributed by atoms with Gasteiger partial charge in [-0.05, 0) is 53.4 Å². The molecule has 4 nitrogen and oxygen atoms in total. The van der Waals surface area contributed by atoms with Crippen LogP contribution in [0.4, 0.5) is 5.69 Å². The van der Waals surface area contributed by atoms with Crippen LogP contribution in [0.1, 0.15) is 37.7 Å². The third kappa shape index (κ3) is 4.11. The number of aryl methyl sites for hydroxylation is 1. The van der Waals surface area contributed by atoms with Gasteiger partial charge in [0.15, 0.2) is 0 Å². The van der Waals surface area contributed by atoms with Gasteiger partial charge in [-0.25, -0.2) is 10.8 Å². The van der Waals surface area contributed by atoms with Crippen LogP contribution in [-0.2, 0) is 0 Å². The predicted molar refractivity (Wildman–Crippen MR) is 89.1 cm³/mol. The Balaban J connectivity index is 2.13. The molecule has 0 spiro atoms. The van der Waals surface area contributed by atoms with E-state index in [1.807, 2.05) is 19.1 Å². The number of anilines is 1. The number of hydrogen-bond donors (Lipinski definition) is 3. The second-order valence-corrected chi connectivity index (χ2v) is 6.38. The second-order valence-electron chi connectivity index (χ2n) is 5.12. The molecule has 0 radical (unpaired) electrons. The fraction of sp³-hybridized carbons (Fsp3) is 0.500. The lowest BCUT2D eigenvalue weighted by atomic mass is 9.96. The number of nitrogens with zero attached hydrogens (tertiary/aromatic N) is 1. The summed E-state index contributed by atoms with van der Waals surface area (Å²) in [5, 5.41) is 3.91. The van der Waals surface area contributed by atoms with Crippen molar-refractivity contribution in [3.8, 4) is 0 Å². The molecule has 0 aliphatic heterocycles. The molecule has 1 aromatic rings. The summed E-state index contributed by atoms with van der Waals surface area (Å²) < 4.78 is 0.936. The van der Waals surface area contributed by atoms with E-state index in [1.54, 1.807) is 0 Å². The van der Waals surface area contributed by atoms with Crippen LogP contribution in [0.25, 0.3) is 0 Å². The van der Waals surface area contributed by atoms with Gasteiger partial charge in [0.2, 0.25) is 5.96 Å². The van der Waals surface area contributed by atoms with E-state index < -0.39 is 0 Å². The zero-order valence-electron chi connectivity index (χ0n) is 11.5. The van der Waals surface area contributed by atoms with Crippen molar-refractivity contribution < 1.29 is 0 Å². The molecule has 1 aromatic carbocycles. The summed E-state index contributed by atoms with van der Waals surface area (Å²) in [6.45, 7) is 1.97. The molecule has 0 unspecified atom stereocenters. The maximum absolute atomic E-state index is 6.15. The highest BCUT2D eigenvalue weighted by Gasteiger charge is 2.14. The first kappa shape index (κ1) is 15.6. The lowest BCUT2D eigenvalue weighted by molar-refractivity contribution is 0.442. The molecule has 4 N–H and O–H groups in total. The minimum absolute atomic E-state index is 0.349. The quantitative estimate of drug-likeness (QED) is 0.324. The van der Waals surface area contributed by atoms with Crippen molar-refractivity contribution in [3.05, 3.63) is 27.2 Å². The fourth-order valence-electron chi connectivity index (χ4n) is 2.37. The Bertz CT molecular complexity index is 498. The molecular formula is C14H20BrClN4. The summed E-state index contributed by atoms with van der Waals surface area (Å²) >= 11 is 9.67. The molecule has 0 aromatic heterocycles. The molecule has 0 bridgehead atoms. The van der Waals surface area contributed by atoms with Crippen molar-refractivity contribution in [2.75, 3.05) is 5.32 Å². The Hall–Kier alpha value is -0.780. The molecule has 0 saturated heterocycles. The third-order valence-electron chi connectivity index (χ3n) is 3.52. The van der Waals surface area contributed by atoms with Crippen molar-refractivity contribution in [1.82, 2.24) is 5.43 Å². The highest BCUT2D eigenvalue weighted by atomic mass is 79.9. The van der Waals surface area contributed by atoms with Crippen LogP contribution in [0.5, 0.6) is 0 Å². The van der Waals surface area contributed by atoms with Gasteiger partial charge in [-0.1, -0.05) is 30.9 Å². The standard InChI is InChI=1S/C14H20BrClN4/c1-9-7-11(15)13(8-12(9)16)19-14(20-17)18-10-5-3-2-4-6-10/h7-8,10H,2-6,17H2,1H3,(H2,18,19,20). The SMILES string of the molecule is Cc1cc(Br)c(NC(=NC2CCCCC2)NN)cc1Cl. The van der Waals surface area contributed by atoms with E-state index in [4.69, 9.17) is 17.4 Å². The molecule has 20 heavy (non-hydrogen) atoms. The maximum atomic E-state index is 6.15. The molecule has 1 aliphatic rings. The van der Waals surface area contributed by atoms with Crippen LogP contribution in [0.15, 0.2) is 21.6 Å². The number of aliphatic imine (C=N–C) groups is 1. The average Bonchev–Trinajstić information content (AvgIpc) is 2.45. The molecule has 0 atom stereocenters. The van der Waals surface area contributed by atoms with Crippen LogP contribution in [0.2, 0.25) is 5.02 Å². The van der Waals surface area contributed by atoms with Crippen LogP contribution < -0.4 is 16.6 Å². The van der Waals surface area contributed by atoms with Crippen molar-refractivity contribution >= 4 is 39.2 Å². The molecule has 1 saturated carbocycles. The van der Waals surface area contributed by atoms with E-state index in [0.29, 0.717) is 17.0 Å². The summed E-state index contributed by atoms with van der Waals surface area (Å²) in [5.41, 5.74) is 4.51. The maximum Gasteiger partial charge on any atom is 0.210 e. The van der Waals surface area contributed by atoms with E-state index in [9.17, 15) is 0 Å². The summed E-state index contributed by atoms with van der Waals surface area (Å²) in [6.07, 6.45) is 6.05. The normalized spacial score (nSPS) is 17.1. The first-order chi connectivity index (χ1) is 9.60. The molecule has 0 amide bonds. The van der Waals surface area contributed by atoms with Gasteiger partial charge < -0.3 is 5.32 Å². The molecular weight excluding hydrogens is 340 g/mol. The Morgan fingerprint density at radius 2 is 2.05 bits per heavy atom. The number of hydrazine groups is 1. The second kappa shape index (κ2) is 7.29. The van der Waals surface area contributed by atoms with Gasteiger partial charge in [0, 0.05) is 9.50 Å². The van der Waals surface area contributed by atoms with E-state index in [2.05, 4.69) is 31.7 Å². The summed E-state index contributed by atoms with van der Waals surface area (Å²) in [4.78, 5) is 4.65. The number of nitrogens with two attached hydrogens (primary N) is 1. The minimum Gasteiger partial charge on any atom is -0.324 e. The number of guanidine groups is 1. The first-order valence-electron chi connectivity index (χ1n) is 6.87. The molecule has 1 aliphatic carbocycles. The number of rotatable bonds is 2. The first-order valence-corrected chi connectivity index (χ1v) is 8.04. The Kier molecular flexibility index (Phi) is 5.69. The van der Waals surface area contributed by atoms with Gasteiger partial charge in [-0.2, -0.15) is 0 Å². The van der Waals surface area contributed by atoms with Gasteiger partial charge in [0.25, 0.3) is 0 Å². The van der Waals surface area contributed by atoms with Crippen LogP contribution in [-0.4, -0.2) is 12.0 Å². The summed E-state index contributed by atoms with van der Waals surface area (Å²) in [6, 6.07) is 4.19. The minimum atomic E-state index is 0.349. The van der Waals surface area contributed by atoms with Gasteiger partial charge in [-0.3, -0.25) is 5.43 Å². The highest BCUT2D eigenvalue weighted by Crippen LogP contribution is 2.29. The van der Waals surface area contributed by atoms with E-state index in [-0.39, 0.29) is 0 Å². The lowest BCUT2D eigenvalue weighted by Crippen LogP contribution is -2.37. The largest absolute Gasteiger partial charge is 0.324 e. The Morgan fingerprint density at radius 3 is 2.70 bits per heavy atom. The number of benzene rings is 1. The van der Waals surface area contributed by atoms with E-state index in [0.717, 1.165) is 28.6 Å². The van der Waals surface area contributed by atoms with Crippen molar-refractivity contribution in [1.29, 1.82) is 0 Å². The predicted octanol–water partition coefficient (Wildman–Crippen LogP) is 3.97. The third-order valence-corrected chi connectivity index (χ3v) is 4.59. The van der Waals surface area contributed by atoms with E-state index in [1.165, 1.54) is 19.3 Å². The number of halogens is 2. The van der Waals surface area contributed by atoms with Crippen LogP contribution >= 0.6 is 27.5 Å². The molecule has 0 heterocycles. The number of nitrogens with one attached hydrogen (secondary N) is 2. The summed E-state index contributed by atoms with van der Waals surface area (Å²) in [5.74, 6) is 6.15. The Morgan fingerprint density at radius 1 is 1.35 bits per heavy atom. The molecule has 2 rings (SSSR count). The van der Waals surface area contributed by atoms with Gasteiger partial charge in [0.1, 0.15) is 0 Å². The van der Waals surface area contributed by atoms with Crippen molar-refractivity contribution in [3.63, 3.8) is 0 Å².